The van der Waals surface area contributed by atoms with Crippen LogP contribution in [0.2, 0.25) is 0 Å². The second-order valence-electron chi connectivity index (χ2n) is 5.28. The smallest absolute Gasteiger partial charge is 0.232 e. The first kappa shape index (κ1) is 12.3. The number of thioether (sulfide) groups is 1. The lowest BCUT2D eigenvalue weighted by Gasteiger charge is -2.33. The van der Waals surface area contributed by atoms with Crippen LogP contribution in [0.5, 0.6) is 0 Å². The van der Waals surface area contributed by atoms with E-state index in [9.17, 15) is 4.79 Å². The van der Waals surface area contributed by atoms with Gasteiger partial charge in [0, 0.05) is 28.3 Å². The predicted octanol–water partition coefficient (Wildman–Crippen LogP) is 2.75. The molecule has 1 aliphatic rings. The van der Waals surface area contributed by atoms with Crippen molar-refractivity contribution in [2.75, 3.05) is 22.9 Å². The maximum absolute atomic E-state index is 12.4. The molecule has 1 aliphatic heterocycles. The van der Waals surface area contributed by atoms with Crippen molar-refractivity contribution in [1.29, 1.82) is 0 Å². The zero-order valence-corrected chi connectivity index (χ0v) is 11.3. The summed E-state index contributed by atoms with van der Waals surface area (Å²) in [6, 6.07) is 5.78. The Balaban J connectivity index is 2.41. The zero-order valence-electron chi connectivity index (χ0n) is 10.5. The summed E-state index contributed by atoms with van der Waals surface area (Å²) in [7, 11) is 0. The van der Waals surface area contributed by atoms with Crippen molar-refractivity contribution in [2.24, 2.45) is 5.41 Å². The molecular formula is C13H18N2OS. The quantitative estimate of drug-likeness (QED) is 0.720. The van der Waals surface area contributed by atoms with E-state index in [-0.39, 0.29) is 11.3 Å². The third kappa shape index (κ3) is 2.41. The van der Waals surface area contributed by atoms with Crippen molar-refractivity contribution >= 4 is 29.0 Å². The minimum atomic E-state index is -0.357. The van der Waals surface area contributed by atoms with E-state index >= 15 is 0 Å². The lowest BCUT2D eigenvalue weighted by atomic mass is 9.94. The van der Waals surface area contributed by atoms with Crippen molar-refractivity contribution < 1.29 is 4.79 Å². The van der Waals surface area contributed by atoms with Crippen LogP contribution in [0.4, 0.5) is 11.4 Å². The maximum Gasteiger partial charge on any atom is 0.232 e. The van der Waals surface area contributed by atoms with Gasteiger partial charge < -0.3 is 10.6 Å². The van der Waals surface area contributed by atoms with Gasteiger partial charge in [0.25, 0.3) is 0 Å². The number of nitrogens with zero attached hydrogens (tertiary/aromatic N) is 1. The van der Waals surface area contributed by atoms with Crippen LogP contribution in [0, 0.1) is 5.41 Å². The Kier molecular flexibility index (Phi) is 3.08. The fourth-order valence-electron chi connectivity index (χ4n) is 1.85. The van der Waals surface area contributed by atoms with Crippen LogP contribution in [0.15, 0.2) is 23.1 Å². The average Bonchev–Trinajstić information content (AvgIpc) is 2.26. The molecule has 1 heterocycles. The summed E-state index contributed by atoms with van der Waals surface area (Å²) in [5.74, 6) is 1.10. The molecule has 1 amide bonds. The molecule has 3 nitrogen and oxygen atoms in total. The summed E-state index contributed by atoms with van der Waals surface area (Å²) >= 11 is 1.78. The molecule has 0 unspecified atom stereocenters. The number of fused-ring (bicyclic) bond motifs is 1. The topological polar surface area (TPSA) is 46.3 Å². The van der Waals surface area contributed by atoms with Crippen LogP contribution >= 0.6 is 11.8 Å². The van der Waals surface area contributed by atoms with Gasteiger partial charge in [-0.05, 0) is 18.2 Å². The maximum atomic E-state index is 12.4. The summed E-state index contributed by atoms with van der Waals surface area (Å²) in [6.07, 6.45) is 0. The second-order valence-corrected chi connectivity index (χ2v) is 6.42. The van der Waals surface area contributed by atoms with Crippen molar-refractivity contribution in [3.8, 4) is 0 Å². The van der Waals surface area contributed by atoms with Crippen LogP contribution in [0.1, 0.15) is 20.8 Å². The van der Waals surface area contributed by atoms with Crippen LogP contribution < -0.4 is 10.6 Å². The first-order chi connectivity index (χ1) is 7.89. The summed E-state index contributed by atoms with van der Waals surface area (Å²) < 4.78 is 0. The molecule has 0 radical (unpaired) electrons. The zero-order chi connectivity index (χ0) is 12.6. The number of carbonyl (C=O) groups excluding carboxylic acids is 1. The molecule has 0 spiro atoms. The molecule has 0 aliphatic carbocycles. The monoisotopic (exact) mass is 250 g/mol. The lowest BCUT2D eigenvalue weighted by molar-refractivity contribution is -0.125. The van der Waals surface area contributed by atoms with Gasteiger partial charge in [-0.15, -0.1) is 11.8 Å². The average molecular weight is 250 g/mol. The molecule has 0 aromatic heterocycles. The highest BCUT2D eigenvalue weighted by Gasteiger charge is 2.31. The van der Waals surface area contributed by atoms with E-state index in [0.717, 1.165) is 22.9 Å². The first-order valence-electron chi connectivity index (χ1n) is 5.74. The molecule has 92 valence electrons. The third-order valence-corrected chi connectivity index (χ3v) is 3.78. The van der Waals surface area contributed by atoms with Gasteiger partial charge >= 0.3 is 0 Å². The summed E-state index contributed by atoms with van der Waals surface area (Å²) in [4.78, 5) is 15.4. The van der Waals surface area contributed by atoms with E-state index < -0.39 is 0 Å². The highest BCUT2D eigenvalue weighted by Crippen LogP contribution is 2.37. The Morgan fingerprint density at radius 2 is 2.12 bits per heavy atom. The Morgan fingerprint density at radius 3 is 2.76 bits per heavy atom. The molecule has 4 heteroatoms. The lowest BCUT2D eigenvalue weighted by Crippen LogP contribution is -2.42. The molecule has 0 atom stereocenters. The molecule has 0 fully saturated rings. The number of nitrogens with two attached hydrogens (primary N) is 1. The number of carbonyl (C=O) groups is 1. The van der Waals surface area contributed by atoms with Crippen molar-refractivity contribution in [3.05, 3.63) is 18.2 Å². The molecular weight excluding hydrogens is 232 g/mol. The van der Waals surface area contributed by atoms with E-state index in [1.54, 1.807) is 11.8 Å². The highest BCUT2D eigenvalue weighted by atomic mass is 32.2. The largest absolute Gasteiger partial charge is 0.399 e. The SMILES string of the molecule is CC(C)(C)C(=O)N1CCSc2ccc(N)cc21. The van der Waals surface area contributed by atoms with E-state index in [1.165, 1.54) is 0 Å². The molecule has 1 aromatic carbocycles. The fourth-order valence-corrected chi connectivity index (χ4v) is 2.83. The van der Waals surface area contributed by atoms with E-state index in [1.807, 2.05) is 43.9 Å². The number of hydrogen-bond acceptors (Lipinski definition) is 3. The minimum absolute atomic E-state index is 0.157. The van der Waals surface area contributed by atoms with Gasteiger partial charge in [0.2, 0.25) is 5.91 Å². The molecule has 0 saturated carbocycles. The van der Waals surface area contributed by atoms with Crippen LogP contribution in [0.3, 0.4) is 0 Å². The van der Waals surface area contributed by atoms with E-state index in [0.29, 0.717) is 5.69 Å². The number of hydrogen-bond donors (Lipinski definition) is 1. The summed E-state index contributed by atoms with van der Waals surface area (Å²) in [5, 5.41) is 0. The van der Waals surface area contributed by atoms with Crippen molar-refractivity contribution in [3.63, 3.8) is 0 Å². The number of rotatable bonds is 0. The van der Waals surface area contributed by atoms with Crippen molar-refractivity contribution in [1.82, 2.24) is 0 Å². The molecule has 1 aromatic rings. The normalized spacial score (nSPS) is 15.6. The molecule has 0 saturated heterocycles. The number of benzene rings is 1. The van der Waals surface area contributed by atoms with E-state index in [4.69, 9.17) is 5.73 Å². The van der Waals surface area contributed by atoms with Crippen molar-refractivity contribution in [2.45, 2.75) is 25.7 Å². The third-order valence-electron chi connectivity index (χ3n) is 2.73. The van der Waals surface area contributed by atoms with Crippen LogP contribution in [-0.4, -0.2) is 18.2 Å². The highest BCUT2D eigenvalue weighted by molar-refractivity contribution is 7.99. The molecule has 2 rings (SSSR count). The number of nitrogen functional groups attached to an aromatic ring is 1. The predicted molar refractivity (Wildman–Crippen MR) is 73.4 cm³/mol. The Labute approximate surface area is 106 Å². The van der Waals surface area contributed by atoms with Gasteiger partial charge in [-0.2, -0.15) is 0 Å². The van der Waals surface area contributed by atoms with Gasteiger partial charge in [0.1, 0.15) is 0 Å². The van der Waals surface area contributed by atoms with E-state index in [2.05, 4.69) is 0 Å². The van der Waals surface area contributed by atoms with Crippen LogP contribution in [-0.2, 0) is 4.79 Å². The Bertz CT molecular complexity index is 451. The van der Waals surface area contributed by atoms with Gasteiger partial charge in [-0.25, -0.2) is 0 Å². The van der Waals surface area contributed by atoms with Gasteiger partial charge in [-0.3, -0.25) is 4.79 Å². The molecule has 0 bridgehead atoms. The first-order valence-corrected chi connectivity index (χ1v) is 6.72. The van der Waals surface area contributed by atoms with Gasteiger partial charge in [0.15, 0.2) is 0 Å². The molecule has 2 N–H and O–H groups in total. The summed E-state index contributed by atoms with van der Waals surface area (Å²) in [5.41, 5.74) is 7.11. The Morgan fingerprint density at radius 1 is 1.41 bits per heavy atom. The number of anilines is 2. The number of amides is 1. The summed E-state index contributed by atoms with van der Waals surface area (Å²) in [6.45, 7) is 6.60. The second kappa shape index (κ2) is 4.26. The van der Waals surface area contributed by atoms with Crippen LogP contribution in [0.25, 0.3) is 0 Å². The van der Waals surface area contributed by atoms with Gasteiger partial charge in [0.05, 0.1) is 5.69 Å². The molecule has 17 heavy (non-hydrogen) atoms. The minimum Gasteiger partial charge on any atom is -0.399 e. The fraction of sp³-hybridized carbons (Fsp3) is 0.462. The Hall–Kier alpha value is -1.16. The standard InChI is InChI=1S/C13H18N2OS/c1-13(2,3)12(16)15-6-7-17-11-5-4-9(14)8-10(11)15/h4-5,8H,6-7,14H2,1-3H3. The van der Waals surface area contributed by atoms with Gasteiger partial charge in [-0.1, -0.05) is 20.8 Å².